The maximum atomic E-state index is 3.25. The van der Waals surface area contributed by atoms with E-state index < -0.39 is 0 Å². The van der Waals surface area contributed by atoms with Gasteiger partial charge >= 0.3 is 0 Å². The van der Waals surface area contributed by atoms with Gasteiger partial charge in [-0.05, 0) is 25.8 Å². The number of hydrogen-bond donors (Lipinski definition) is 1. The molecule has 1 fully saturated rings. The van der Waals surface area contributed by atoms with Crippen molar-refractivity contribution in [2.45, 2.75) is 50.0 Å². The highest BCUT2D eigenvalue weighted by Crippen LogP contribution is 2.33. The van der Waals surface area contributed by atoms with E-state index in [-0.39, 0.29) is 0 Å². The average Bonchev–Trinajstić information content (AvgIpc) is 2.04. The molecule has 0 radical (unpaired) electrons. The molecule has 0 aromatic rings. The fraction of sp³-hybridized carbons (Fsp3) is 1.00. The van der Waals surface area contributed by atoms with Gasteiger partial charge in [-0.1, -0.05) is 26.7 Å². The molecule has 0 aliphatic heterocycles. The van der Waals surface area contributed by atoms with Crippen molar-refractivity contribution in [2.24, 2.45) is 5.92 Å². The molecule has 1 aliphatic carbocycles. The van der Waals surface area contributed by atoms with Crippen LogP contribution >= 0.6 is 11.8 Å². The summed E-state index contributed by atoms with van der Waals surface area (Å²) in [5, 5.41) is 4.96. The quantitative estimate of drug-likeness (QED) is 0.750. The van der Waals surface area contributed by atoms with Crippen molar-refractivity contribution >= 4 is 11.8 Å². The van der Waals surface area contributed by atoms with E-state index in [0.717, 1.165) is 23.0 Å². The molecule has 1 nitrogen and oxygen atoms in total. The van der Waals surface area contributed by atoms with Crippen LogP contribution in [0.25, 0.3) is 0 Å². The third-order valence-corrected chi connectivity index (χ3v) is 4.25. The van der Waals surface area contributed by atoms with E-state index >= 15 is 0 Å². The highest BCUT2D eigenvalue weighted by Gasteiger charge is 2.20. The molecule has 78 valence electrons. The molecule has 2 heteroatoms. The molecular weight excluding hydrogens is 178 g/mol. The van der Waals surface area contributed by atoms with Gasteiger partial charge in [0.2, 0.25) is 0 Å². The maximum absolute atomic E-state index is 3.25. The van der Waals surface area contributed by atoms with Crippen LogP contribution < -0.4 is 5.32 Å². The summed E-state index contributed by atoms with van der Waals surface area (Å²) in [6.07, 6.45) is 5.80. The Kier molecular flexibility index (Phi) is 5.18. The summed E-state index contributed by atoms with van der Waals surface area (Å²) in [4.78, 5) is 0. The number of nitrogens with one attached hydrogen (secondary N) is 1. The molecule has 0 saturated heterocycles. The lowest BCUT2D eigenvalue weighted by Gasteiger charge is -2.28. The summed E-state index contributed by atoms with van der Waals surface area (Å²) in [5.41, 5.74) is 0. The molecule has 13 heavy (non-hydrogen) atoms. The lowest BCUT2D eigenvalue weighted by molar-refractivity contribution is 0.393. The molecule has 1 rings (SSSR count). The average molecular weight is 201 g/mol. The van der Waals surface area contributed by atoms with Gasteiger partial charge in [0.05, 0.1) is 0 Å². The van der Waals surface area contributed by atoms with Crippen LogP contribution in [-0.4, -0.2) is 24.1 Å². The molecule has 0 aromatic heterocycles. The summed E-state index contributed by atoms with van der Waals surface area (Å²) in [6.45, 7) is 5.88. The van der Waals surface area contributed by atoms with Crippen molar-refractivity contribution in [3.05, 3.63) is 0 Å². The predicted octanol–water partition coefficient (Wildman–Crippen LogP) is 2.91. The highest BCUT2D eigenvalue weighted by atomic mass is 32.2. The molecule has 0 aromatic carbocycles. The first kappa shape index (κ1) is 11.4. The van der Waals surface area contributed by atoms with E-state index in [1.165, 1.54) is 25.7 Å². The Morgan fingerprint density at radius 1 is 1.46 bits per heavy atom. The van der Waals surface area contributed by atoms with E-state index in [4.69, 9.17) is 0 Å². The summed E-state index contributed by atoms with van der Waals surface area (Å²) in [7, 11) is 2.04. The maximum Gasteiger partial charge on any atom is 0.0146 e. The van der Waals surface area contributed by atoms with Gasteiger partial charge in [-0.3, -0.25) is 0 Å². The van der Waals surface area contributed by atoms with E-state index in [9.17, 15) is 0 Å². The van der Waals surface area contributed by atoms with Crippen molar-refractivity contribution in [3.63, 3.8) is 0 Å². The van der Waals surface area contributed by atoms with Crippen molar-refractivity contribution in [2.75, 3.05) is 13.6 Å². The molecule has 0 amide bonds. The molecule has 3 atom stereocenters. The number of hydrogen-bond acceptors (Lipinski definition) is 2. The summed E-state index contributed by atoms with van der Waals surface area (Å²) in [5.74, 6) is 0.966. The Labute approximate surface area is 87.1 Å². The van der Waals surface area contributed by atoms with Gasteiger partial charge in [-0.15, -0.1) is 0 Å². The van der Waals surface area contributed by atoms with Crippen LogP contribution in [0.3, 0.4) is 0 Å². The minimum Gasteiger partial charge on any atom is -0.319 e. The Morgan fingerprint density at radius 3 is 2.85 bits per heavy atom. The number of rotatable bonds is 4. The van der Waals surface area contributed by atoms with Gasteiger partial charge in [-0.2, -0.15) is 11.8 Å². The Bertz CT molecular complexity index is 138. The highest BCUT2D eigenvalue weighted by molar-refractivity contribution is 8.00. The normalized spacial score (nSPS) is 31.6. The lowest BCUT2D eigenvalue weighted by Crippen LogP contribution is -2.23. The van der Waals surface area contributed by atoms with Crippen LogP contribution in [0, 0.1) is 5.92 Å². The third-order valence-electron chi connectivity index (χ3n) is 2.80. The Balaban J connectivity index is 2.19. The molecule has 0 heterocycles. The predicted molar refractivity (Wildman–Crippen MR) is 62.4 cm³/mol. The monoisotopic (exact) mass is 201 g/mol. The zero-order chi connectivity index (χ0) is 9.68. The molecule has 3 unspecified atom stereocenters. The first-order valence-electron chi connectivity index (χ1n) is 5.52. The Morgan fingerprint density at radius 2 is 2.23 bits per heavy atom. The number of thioether (sulfide) groups is 1. The van der Waals surface area contributed by atoms with Crippen LogP contribution in [0.15, 0.2) is 0 Å². The van der Waals surface area contributed by atoms with Crippen molar-refractivity contribution in [1.29, 1.82) is 0 Å². The third kappa shape index (κ3) is 4.37. The second-order valence-electron chi connectivity index (χ2n) is 4.40. The van der Waals surface area contributed by atoms with Gasteiger partial charge in [0.25, 0.3) is 0 Å². The fourth-order valence-electron chi connectivity index (χ4n) is 2.17. The molecule has 1 saturated carbocycles. The molecule has 1 N–H and O–H groups in total. The largest absolute Gasteiger partial charge is 0.319 e. The standard InChI is InChI=1S/C11H23NS/c1-9-5-4-6-11(7-9)13-10(2)8-12-3/h9-12H,4-8H2,1-3H3. The van der Waals surface area contributed by atoms with Crippen LogP contribution in [0.4, 0.5) is 0 Å². The molecule has 0 bridgehead atoms. The van der Waals surface area contributed by atoms with Crippen LogP contribution in [-0.2, 0) is 0 Å². The van der Waals surface area contributed by atoms with Crippen LogP contribution in [0.5, 0.6) is 0 Å². The summed E-state index contributed by atoms with van der Waals surface area (Å²) < 4.78 is 0. The lowest BCUT2D eigenvalue weighted by atomic mass is 9.91. The van der Waals surface area contributed by atoms with E-state index in [0.29, 0.717) is 0 Å². The van der Waals surface area contributed by atoms with Crippen molar-refractivity contribution in [3.8, 4) is 0 Å². The van der Waals surface area contributed by atoms with Crippen LogP contribution in [0.2, 0.25) is 0 Å². The molecular formula is C11H23NS. The van der Waals surface area contributed by atoms with Gasteiger partial charge in [0, 0.05) is 17.0 Å². The Hall–Kier alpha value is 0.310. The summed E-state index contributed by atoms with van der Waals surface area (Å²) in [6, 6.07) is 0. The van der Waals surface area contributed by atoms with E-state index in [1.807, 2.05) is 7.05 Å². The second kappa shape index (κ2) is 5.92. The van der Waals surface area contributed by atoms with Gasteiger partial charge in [0.1, 0.15) is 0 Å². The fourth-order valence-corrected chi connectivity index (χ4v) is 3.83. The first-order valence-corrected chi connectivity index (χ1v) is 6.46. The van der Waals surface area contributed by atoms with Gasteiger partial charge in [-0.25, -0.2) is 0 Å². The zero-order valence-electron chi connectivity index (χ0n) is 9.18. The van der Waals surface area contributed by atoms with Gasteiger partial charge in [0.15, 0.2) is 0 Å². The van der Waals surface area contributed by atoms with Gasteiger partial charge < -0.3 is 5.32 Å². The van der Waals surface area contributed by atoms with Crippen LogP contribution in [0.1, 0.15) is 39.5 Å². The topological polar surface area (TPSA) is 12.0 Å². The van der Waals surface area contributed by atoms with E-state index in [1.54, 1.807) is 0 Å². The second-order valence-corrected chi connectivity index (χ2v) is 6.14. The minimum atomic E-state index is 0.778. The van der Waals surface area contributed by atoms with E-state index in [2.05, 4.69) is 30.9 Å². The van der Waals surface area contributed by atoms with Crippen molar-refractivity contribution < 1.29 is 0 Å². The minimum absolute atomic E-state index is 0.778. The molecule has 1 aliphatic rings. The SMILES string of the molecule is CNCC(C)SC1CCCC(C)C1. The first-order chi connectivity index (χ1) is 6.22. The molecule has 0 spiro atoms. The summed E-state index contributed by atoms with van der Waals surface area (Å²) >= 11 is 2.19. The smallest absolute Gasteiger partial charge is 0.0146 e. The van der Waals surface area contributed by atoms with Crippen molar-refractivity contribution in [1.82, 2.24) is 5.32 Å². The zero-order valence-corrected chi connectivity index (χ0v) is 9.99.